The molecule has 3 aromatic carbocycles. The molecule has 1 saturated heterocycles. The van der Waals surface area contributed by atoms with Gasteiger partial charge in [0.1, 0.15) is 0 Å². The van der Waals surface area contributed by atoms with Gasteiger partial charge in [-0.25, -0.2) is 10.5 Å². The van der Waals surface area contributed by atoms with E-state index in [4.69, 9.17) is 14.9 Å². The summed E-state index contributed by atoms with van der Waals surface area (Å²) in [5, 5.41) is 14.1. The van der Waals surface area contributed by atoms with Crippen molar-refractivity contribution in [2.45, 2.75) is 18.9 Å². The van der Waals surface area contributed by atoms with Crippen LogP contribution in [0.5, 0.6) is 0 Å². The lowest BCUT2D eigenvalue weighted by molar-refractivity contribution is -0.138. The van der Waals surface area contributed by atoms with E-state index < -0.39 is 17.9 Å². The van der Waals surface area contributed by atoms with E-state index in [1.165, 1.54) is 5.56 Å². The number of carbonyl (C=O) groups excluding carboxylic acids is 2. The summed E-state index contributed by atoms with van der Waals surface area (Å²) in [6.07, 6.45) is 1.22. The van der Waals surface area contributed by atoms with Gasteiger partial charge in [0.15, 0.2) is 0 Å². The summed E-state index contributed by atoms with van der Waals surface area (Å²) in [4.78, 5) is 29.5. The molecule has 2 amide bonds. The van der Waals surface area contributed by atoms with Crippen LogP contribution in [0.15, 0.2) is 72.8 Å². The first-order valence-electron chi connectivity index (χ1n) is 11.3. The number of rotatable bonds is 5. The normalized spacial score (nSPS) is 18.0. The van der Waals surface area contributed by atoms with E-state index in [1.807, 2.05) is 48.5 Å². The van der Waals surface area contributed by atoms with Crippen LogP contribution >= 0.6 is 0 Å². The van der Waals surface area contributed by atoms with Crippen LogP contribution in [-0.2, 0) is 16.0 Å². The molecule has 1 aliphatic rings. The van der Waals surface area contributed by atoms with Crippen LogP contribution in [0.4, 0.5) is 0 Å². The van der Waals surface area contributed by atoms with E-state index in [0.29, 0.717) is 25.0 Å². The molecule has 0 radical (unpaired) electrons. The molecule has 172 valence electrons. The molecule has 4 aromatic rings. The highest BCUT2D eigenvalue weighted by atomic mass is 16.5. The Bertz CT molecular complexity index is 1300. The van der Waals surface area contributed by atoms with Crippen molar-refractivity contribution in [1.82, 2.24) is 15.8 Å². The average Bonchev–Trinajstić information content (AvgIpc) is 2.88. The lowest BCUT2D eigenvalue weighted by Crippen LogP contribution is -2.51. The smallest absolute Gasteiger partial charge is 0.251 e. The predicted molar refractivity (Wildman–Crippen MR) is 129 cm³/mol. The standard InChI is InChI=1S/C27H25N3O4/c31-26(29-25-13-14-34-16-22(25)27(32)30-33)18-11-9-17(10-12-18)15-21-19-5-1-3-7-23(19)28-24-8-4-2-6-20(21)24/h1-12,22,25,33H,13-16H2,(H,29,31)(H,30,32)/t22-,25+/m0/s1. The number of nitrogens with zero attached hydrogens (tertiary/aromatic N) is 1. The number of hydroxylamine groups is 1. The molecule has 7 nitrogen and oxygen atoms in total. The lowest BCUT2D eigenvalue weighted by atomic mass is 9.94. The van der Waals surface area contributed by atoms with Crippen molar-refractivity contribution in [3.63, 3.8) is 0 Å². The van der Waals surface area contributed by atoms with Crippen molar-refractivity contribution in [3.05, 3.63) is 89.5 Å². The lowest BCUT2D eigenvalue weighted by Gasteiger charge is -2.30. The highest BCUT2D eigenvalue weighted by Gasteiger charge is 2.32. The van der Waals surface area contributed by atoms with E-state index in [-0.39, 0.29) is 12.5 Å². The van der Waals surface area contributed by atoms with Gasteiger partial charge in [0.05, 0.1) is 23.6 Å². The molecule has 7 heteroatoms. The van der Waals surface area contributed by atoms with E-state index in [2.05, 4.69) is 17.4 Å². The summed E-state index contributed by atoms with van der Waals surface area (Å²) < 4.78 is 5.33. The van der Waals surface area contributed by atoms with Gasteiger partial charge in [-0.2, -0.15) is 0 Å². The van der Waals surface area contributed by atoms with Gasteiger partial charge in [-0.1, -0.05) is 48.5 Å². The number of ether oxygens (including phenoxy) is 1. The maximum absolute atomic E-state index is 12.8. The third-order valence-corrected chi connectivity index (χ3v) is 6.42. The molecule has 5 rings (SSSR count). The molecule has 0 bridgehead atoms. The number of benzene rings is 3. The molecule has 3 N–H and O–H groups in total. The monoisotopic (exact) mass is 455 g/mol. The van der Waals surface area contributed by atoms with Gasteiger partial charge in [-0.3, -0.25) is 14.8 Å². The number of nitrogens with one attached hydrogen (secondary N) is 2. The number of hydrogen-bond donors (Lipinski definition) is 3. The maximum atomic E-state index is 12.8. The van der Waals surface area contributed by atoms with E-state index in [0.717, 1.165) is 27.4 Å². The van der Waals surface area contributed by atoms with Gasteiger partial charge in [-0.05, 0) is 48.2 Å². The third-order valence-electron chi connectivity index (χ3n) is 6.42. The minimum Gasteiger partial charge on any atom is -0.380 e. The highest BCUT2D eigenvalue weighted by Crippen LogP contribution is 2.28. The molecule has 1 aromatic heterocycles. The second-order valence-corrected chi connectivity index (χ2v) is 8.52. The van der Waals surface area contributed by atoms with Gasteiger partial charge < -0.3 is 10.1 Å². The minimum absolute atomic E-state index is 0.157. The second-order valence-electron chi connectivity index (χ2n) is 8.52. The summed E-state index contributed by atoms with van der Waals surface area (Å²) in [6.45, 7) is 0.608. The number of para-hydroxylation sites is 2. The van der Waals surface area contributed by atoms with Gasteiger partial charge in [0.25, 0.3) is 11.8 Å². The molecule has 0 spiro atoms. The molecule has 34 heavy (non-hydrogen) atoms. The zero-order valence-corrected chi connectivity index (χ0v) is 18.5. The Morgan fingerprint density at radius 2 is 1.59 bits per heavy atom. The van der Waals surface area contributed by atoms with Crippen LogP contribution in [0.3, 0.4) is 0 Å². The Kier molecular flexibility index (Phi) is 6.20. The minimum atomic E-state index is -0.629. The molecular weight excluding hydrogens is 430 g/mol. The first-order valence-corrected chi connectivity index (χ1v) is 11.3. The second kappa shape index (κ2) is 9.59. The Morgan fingerprint density at radius 3 is 2.24 bits per heavy atom. The Morgan fingerprint density at radius 1 is 0.941 bits per heavy atom. The largest absolute Gasteiger partial charge is 0.380 e. The van der Waals surface area contributed by atoms with Crippen LogP contribution in [0.2, 0.25) is 0 Å². The van der Waals surface area contributed by atoms with Crippen LogP contribution in [0, 0.1) is 5.92 Å². The van der Waals surface area contributed by atoms with Crippen molar-refractivity contribution >= 4 is 33.6 Å². The molecule has 0 saturated carbocycles. The van der Waals surface area contributed by atoms with Crippen molar-refractivity contribution in [3.8, 4) is 0 Å². The van der Waals surface area contributed by atoms with Crippen LogP contribution in [-0.4, -0.2) is 41.3 Å². The van der Waals surface area contributed by atoms with Crippen molar-refractivity contribution in [2.75, 3.05) is 13.2 Å². The van der Waals surface area contributed by atoms with Crippen molar-refractivity contribution in [1.29, 1.82) is 0 Å². The van der Waals surface area contributed by atoms with E-state index in [1.54, 1.807) is 17.6 Å². The number of amides is 2. The topological polar surface area (TPSA) is 101 Å². The molecule has 1 aliphatic heterocycles. The number of aromatic nitrogens is 1. The average molecular weight is 456 g/mol. The molecular formula is C27H25N3O4. The molecule has 2 atom stereocenters. The summed E-state index contributed by atoms with van der Waals surface area (Å²) in [5.41, 5.74) is 6.39. The molecule has 1 fully saturated rings. The molecule has 0 unspecified atom stereocenters. The fourth-order valence-electron chi connectivity index (χ4n) is 4.60. The van der Waals surface area contributed by atoms with Gasteiger partial charge >= 0.3 is 0 Å². The Balaban J connectivity index is 1.37. The van der Waals surface area contributed by atoms with Gasteiger partial charge in [-0.15, -0.1) is 0 Å². The fourth-order valence-corrected chi connectivity index (χ4v) is 4.60. The summed E-state index contributed by atoms with van der Waals surface area (Å²) in [7, 11) is 0. The Labute approximate surface area is 196 Å². The first-order chi connectivity index (χ1) is 16.6. The van der Waals surface area contributed by atoms with Crippen molar-refractivity contribution in [2.24, 2.45) is 5.92 Å². The van der Waals surface area contributed by atoms with Crippen LogP contribution in [0.1, 0.15) is 27.9 Å². The van der Waals surface area contributed by atoms with Gasteiger partial charge in [0.2, 0.25) is 0 Å². The molecule has 0 aliphatic carbocycles. The Hall–Kier alpha value is -3.81. The molecule has 2 heterocycles. The van der Waals surface area contributed by atoms with Crippen LogP contribution in [0.25, 0.3) is 21.8 Å². The maximum Gasteiger partial charge on any atom is 0.251 e. The summed E-state index contributed by atoms with van der Waals surface area (Å²) in [6, 6.07) is 23.4. The first kappa shape index (κ1) is 22.0. The third kappa shape index (κ3) is 4.35. The van der Waals surface area contributed by atoms with Crippen molar-refractivity contribution < 1.29 is 19.5 Å². The zero-order chi connectivity index (χ0) is 23.5. The summed E-state index contributed by atoms with van der Waals surface area (Å²) in [5.74, 6) is -1.44. The summed E-state index contributed by atoms with van der Waals surface area (Å²) >= 11 is 0. The number of carbonyl (C=O) groups is 2. The number of fused-ring (bicyclic) bond motifs is 2. The number of pyridine rings is 1. The van der Waals surface area contributed by atoms with E-state index in [9.17, 15) is 9.59 Å². The quantitative estimate of drug-likeness (QED) is 0.242. The fraction of sp³-hybridized carbons (Fsp3) is 0.222. The SMILES string of the molecule is O=C(N[C@@H]1CCOC[C@@H]1C(=O)NO)c1ccc(Cc2c3ccccc3nc3ccccc23)cc1. The van der Waals surface area contributed by atoms with Crippen LogP contribution < -0.4 is 10.8 Å². The zero-order valence-electron chi connectivity index (χ0n) is 18.5. The highest BCUT2D eigenvalue weighted by molar-refractivity contribution is 5.98. The number of hydrogen-bond acceptors (Lipinski definition) is 5. The predicted octanol–water partition coefficient (Wildman–Crippen LogP) is 3.62. The van der Waals surface area contributed by atoms with E-state index >= 15 is 0 Å². The van der Waals surface area contributed by atoms with Gasteiger partial charge in [0, 0.05) is 29.0 Å².